The van der Waals surface area contributed by atoms with Crippen LogP contribution in [0.4, 0.5) is 5.69 Å². The molecule has 0 bridgehead atoms. The summed E-state index contributed by atoms with van der Waals surface area (Å²) in [7, 11) is 0. The van der Waals surface area contributed by atoms with E-state index in [1.807, 2.05) is 32.0 Å². The minimum absolute atomic E-state index is 0.215. The van der Waals surface area contributed by atoms with Gasteiger partial charge in [-0.15, -0.1) is 0 Å². The Bertz CT molecular complexity index is 978. The standard InChI is InChI=1S/C22H18ClNO2/c1-14-7-12-18(13-15(14)2)24-22(26)20-6-4-3-5-19(20)21(25)16-8-10-17(23)11-9-16/h3-13H,1-2H3,(H,24,26). The van der Waals surface area contributed by atoms with Gasteiger partial charge in [0, 0.05) is 21.8 Å². The molecule has 3 aromatic rings. The maximum atomic E-state index is 12.8. The van der Waals surface area contributed by atoms with Crippen molar-refractivity contribution in [3.63, 3.8) is 0 Å². The van der Waals surface area contributed by atoms with Gasteiger partial charge in [-0.2, -0.15) is 0 Å². The summed E-state index contributed by atoms with van der Waals surface area (Å²) in [5, 5.41) is 3.43. The van der Waals surface area contributed by atoms with Crippen molar-refractivity contribution in [1.82, 2.24) is 0 Å². The molecule has 0 aliphatic heterocycles. The largest absolute Gasteiger partial charge is 0.322 e. The fourth-order valence-electron chi connectivity index (χ4n) is 2.65. The molecule has 0 saturated heterocycles. The molecule has 0 unspecified atom stereocenters. The molecular weight excluding hydrogens is 346 g/mol. The molecule has 1 N–H and O–H groups in total. The van der Waals surface area contributed by atoms with Crippen molar-refractivity contribution in [2.45, 2.75) is 13.8 Å². The van der Waals surface area contributed by atoms with Crippen LogP contribution in [0.1, 0.15) is 37.4 Å². The lowest BCUT2D eigenvalue weighted by Gasteiger charge is -2.11. The number of carbonyl (C=O) groups is 2. The number of ketones is 1. The Kier molecular flexibility index (Phi) is 5.19. The minimum Gasteiger partial charge on any atom is -0.322 e. The van der Waals surface area contributed by atoms with Gasteiger partial charge in [0.1, 0.15) is 0 Å². The van der Waals surface area contributed by atoms with Crippen LogP contribution in [0.3, 0.4) is 0 Å². The van der Waals surface area contributed by atoms with E-state index < -0.39 is 0 Å². The average Bonchev–Trinajstić information content (AvgIpc) is 2.65. The first-order chi connectivity index (χ1) is 12.5. The maximum absolute atomic E-state index is 12.8. The van der Waals surface area contributed by atoms with Crippen molar-refractivity contribution >= 4 is 29.0 Å². The first-order valence-corrected chi connectivity index (χ1v) is 8.61. The monoisotopic (exact) mass is 363 g/mol. The molecule has 4 heteroatoms. The van der Waals surface area contributed by atoms with Gasteiger partial charge in [-0.25, -0.2) is 0 Å². The number of nitrogens with one attached hydrogen (secondary N) is 1. The molecule has 0 spiro atoms. The predicted molar refractivity (Wildman–Crippen MR) is 105 cm³/mol. The number of anilines is 1. The van der Waals surface area contributed by atoms with Gasteiger partial charge in [-0.1, -0.05) is 35.9 Å². The van der Waals surface area contributed by atoms with Crippen molar-refractivity contribution < 1.29 is 9.59 Å². The van der Waals surface area contributed by atoms with Crippen molar-refractivity contribution in [3.8, 4) is 0 Å². The van der Waals surface area contributed by atoms with E-state index in [-0.39, 0.29) is 11.7 Å². The number of rotatable bonds is 4. The smallest absolute Gasteiger partial charge is 0.256 e. The van der Waals surface area contributed by atoms with Crippen molar-refractivity contribution in [3.05, 3.63) is 99.6 Å². The van der Waals surface area contributed by atoms with Crippen LogP contribution in [0.2, 0.25) is 5.02 Å². The number of halogens is 1. The second-order valence-electron chi connectivity index (χ2n) is 6.13. The Morgan fingerprint density at radius 1 is 0.808 bits per heavy atom. The third-order valence-electron chi connectivity index (χ3n) is 4.29. The Labute approximate surface area is 157 Å². The molecule has 0 radical (unpaired) electrons. The second kappa shape index (κ2) is 7.54. The highest BCUT2D eigenvalue weighted by Gasteiger charge is 2.18. The number of benzene rings is 3. The van der Waals surface area contributed by atoms with Gasteiger partial charge in [0.15, 0.2) is 5.78 Å². The number of hydrogen-bond donors (Lipinski definition) is 1. The van der Waals surface area contributed by atoms with E-state index in [2.05, 4.69) is 5.32 Å². The van der Waals surface area contributed by atoms with E-state index in [4.69, 9.17) is 11.6 Å². The van der Waals surface area contributed by atoms with Crippen LogP contribution in [0.5, 0.6) is 0 Å². The molecule has 3 aromatic carbocycles. The van der Waals surface area contributed by atoms with E-state index >= 15 is 0 Å². The molecule has 0 aromatic heterocycles. The summed E-state index contributed by atoms with van der Waals surface area (Å²) in [4.78, 5) is 25.5. The number of amides is 1. The van der Waals surface area contributed by atoms with Crippen LogP contribution < -0.4 is 5.32 Å². The fourth-order valence-corrected chi connectivity index (χ4v) is 2.78. The first kappa shape index (κ1) is 17.9. The fraction of sp³-hybridized carbons (Fsp3) is 0.0909. The predicted octanol–water partition coefficient (Wildman–Crippen LogP) is 5.44. The van der Waals surface area contributed by atoms with Gasteiger partial charge in [0.05, 0.1) is 5.56 Å². The van der Waals surface area contributed by atoms with Crippen LogP contribution in [0.15, 0.2) is 66.7 Å². The number of aryl methyl sites for hydroxylation is 2. The molecule has 3 nitrogen and oxygen atoms in total. The highest BCUT2D eigenvalue weighted by Crippen LogP contribution is 2.19. The zero-order chi connectivity index (χ0) is 18.7. The molecule has 130 valence electrons. The summed E-state index contributed by atoms with van der Waals surface area (Å²) in [5.74, 6) is -0.529. The Morgan fingerprint density at radius 3 is 2.12 bits per heavy atom. The topological polar surface area (TPSA) is 46.2 Å². The molecular formula is C22H18ClNO2. The third-order valence-corrected chi connectivity index (χ3v) is 4.54. The molecule has 0 aliphatic carbocycles. The molecule has 0 saturated carbocycles. The molecule has 1 amide bonds. The summed E-state index contributed by atoms with van der Waals surface area (Å²) in [6.45, 7) is 4.00. The van der Waals surface area contributed by atoms with E-state index in [9.17, 15) is 9.59 Å². The minimum atomic E-state index is -0.314. The van der Waals surface area contributed by atoms with Gasteiger partial charge in [0.25, 0.3) is 5.91 Å². The third kappa shape index (κ3) is 3.84. The Hall–Kier alpha value is -2.91. The van der Waals surface area contributed by atoms with Crippen molar-refractivity contribution in [1.29, 1.82) is 0 Å². The summed E-state index contributed by atoms with van der Waals surface area (Å²) < 4.78 is 0. The maximum Gasteiger partial charge on any atom is 0.256 e. The molecule has 3 rings (SSSR count). The van der Waals surface area contributed by atoms with E-state index in [0.29, 0.717) is 27.4 Å². The molecule has 0 atom stereocenters. The lowest BCUT2D eigenvalue weighted by molar-refractivity contribution is 0.0996. The van der Waals surface area contributed by atoms with Gasteiger partial charge in [-0.3, -0.25) is 9.59 Å². The van der Waals surface area contributed by atoms with Crippen LogP contribution in [0, 0.1) is 13.8 Å². The number of carbonyl (C=O) groups excluding carboxylic acids is 2. The highest BCUT2D eigenvalue weighted by atomic mass is 35.5. The SMILES string of the molecule is Cc1ccc(NC(=O)c2ccccc2C(=O)c2ccc(Cl)cc2)cc1C. The van der Waals surface area contributed by atoms with Crippen LogP contribution in [0.25, 0.3) is 0 Å². The van der Waals surface area contributed by atoms with Crippen LogP contribution in [-0.2, 0) is 0 Å². The quantitative estimate of drug-likeness (QED) is 0.627. The molecule has 0 fully saturated rings. The summed E-state index contributed by atoms with van der Waals surface area (Å²) in [5.41, 5.74) is 4.13. The summed E-state index contributed by atoms with van der Waals surface area (Å²) in [6.07, 6.45) is 0. The zero-order valence-electron chi connectivity index (χ0n) is 14.5. The van der Waals surface area contributed by atoms with Crippen molar-refractivity contribution in [2.75, 3.05) is 5.32 Å². The number of hydrogen-bond acceptors (Lipinski definition) is 2. The summed E-state index contributed by atoms with van der Waals surface area (Å²) >= 11 is 5.88. The van der Waals surface area contributed by atoms with Gasteiger partial charge in [-0.05, 0) is 67.4 Å². The lowest BCUT2D eigenvalue weighted by atomic mass is 9.98. The Balaban J connectivity index is 1.90. The lowest BCUT2D eigenvalue weighted by Crippen LogP contribution is -2.17. The highest BCUT2D eigenvalue weighted by molar-refractivity contribution is 6.30. The van der Waals surface area contributed by atoms with Crippen LogP contribution >= 0.6 is 11.6 Å². The van der Waals surface area contributed by atoms with E-state index in [0.717, 1.165) is 11.1 Å². The second-order valence-corrected chi connectivity index (χ2v) is 6.57. The van der Waals surface area contributed by atoms with Gasteiger partial charge >= 0.3 is 0 Å². The zero-order valence-corrected chi connectivity index (χ0v) is 15.3. The van der Waals surface area contributed by atoms with Crippen LogP contribution in [-0.4, -0.2) is 11.7 Å². The van der Waals surface area contributed by atoms with Crippen molar-refractivity contribution in [2.24, 2.45) is 0 Å². The molecule has 0 heterocycles. The first-order valence-electron chi connectivity index (χ1n) is 8.23. The normalized spacial score (nSPS) is 10.4. The summed E-state index contributed by atoms with van der Waals surface area (Å²) in [6, 6.07) is 19.1. The Morgan fingerprint density at radius 2 is 1.46 bits per heavy atom. The van der Waals surface area contributed by atoms with Gasteiger partial charge < -0.3 is 5.32 Å². The molecule has 0 aliphatic rings. The van der Waals surface area contributed by atoms with E-state index in [1.165, 1.54) is 0 Å². The van der Waals surface area contributed by atoms with Gasteiger partial charge in [0.2, 0.25) is 0 Å². The van der Waals surface area contributed by atoms with E-state index in [1.54, 1.807) is 48.5 Å². The molecule has 26 heavy (non-hydrogen) atoms. The average molecular weight is 364 g/mol.